The molecule has 2 rings (SSSR count). The zero-order valence-corrected chi connectivity index (χ0v) is 12.4. The Morgan fingerprint density at radius 2 is 2.10 bits per heavy atom. The minimum Gasteiger partial charge on any atom is -0.294 e. The second-order valence-corrected chi connectivity index (χ2v) is 6.66. The monoisotopic (exact) mass is 327 g/mol. The normalized spacial score (nSPS) is 20.0. The molecule has 1 N–H and O–H groups in total. The number of hydrogen-bond donors (Lipinski definition) is 1. The molecule has 1 fully saturated rings. The van der Waals surface area contributed by atoms with Crippen LogP contribution in [0.2, 0.25) is 5.02 Å². The molecule has 1 aliphatic heterocycles. The van der Waals surface area contributed by atoms with Crippen molar-refractivity contribution >= 4 is 33.4 Å². The molecule has 0 spiro atoms. The van der Waals surface area contributed by atoms with E-state index in [2.05, 4.69) is 5.32 Å². The van der Waals surface area contributed by atoms with Crippen LogP contribution >= 0.6 is 11.6 Å². The smallest absolute Gasteiger partial charge is 0.245 e. The molecule has 1 atom stereocenters. The Bertz CT molecular complexity index is 769. The van der Waals surface area contributed by atoms with Gasteiger partial charge in [-0.2, -0.15) is 9.57 Å². The number of halogens is 1. The number of piperazine rings is 1. The van der Waals surface area contributed by atoms with Gasteiger partial charge in [-0.15, -0.1) is 0 Å². The first-order chi connectivity index (χ1) is 9.77. The van der Waals surface area contributed by atoms with Crippen molar-refractivity contribution in [3.8, 4) is 6.07 Å². The fourth-order valence-electron chi connectivity index (χ4n) is 1.88. The van der Waals surface area contributed by atoms with E-state index in [1.807, 2.05) is 6.07 Å². The van der Waals surface area contributed by atoms with Crippen molar-refractivity contribution in [3.63, 3.8) is 0 Å². The highest BCUT2D eigenvalue weighted by atomic mass is 35.5. The lowest BCUT2D eigenvalue weighted by Crippen LogP contribution is -2.58. The first-order valence-electron chi connectivity index (χ1n) is 5.82. The van der Waals surface area contributed by atoms with E-state index in [9.17, 15) is 18.0 Å². The van der Waals surface area contributed by atoms with Crippen molar-refractivity contribution in [2.75, 3.05) is 6.54 Å². The topological polar surface area (TPSA) is 107 Å². The Morgan fingerprint density at radius 1 is 1.43 bits per heavy atom. The molecule has 2 amide bonds. The summed E-state index contributed by atoms with van der Waals surface area (Å²) in [5.74, 6) is -1.42. The van der Waals surface area contributed by atoms with E-state index >= 15 is 0 Å². The van der Waals surface area contributed by atoms with Gasteiger partial charge in [0.15, 0.2) is 0 Å². The summed E-state index contributed by atoms with van der Waals surface area (Å²) in [6.45, 7) is 0.879. The van der Waals surface area contributed by atoms with Gasteiger partial charge in [-0.25, -0.2) is 8.42 Å². The van der Waals surface area contributed by atoms with Gasteiger partial charge < -0.3 is 0 Å². The molecule has 7 nitrogen and oxygen atoms in total. The molecule has 1 aliphatic rings. The van der Waals surface area contributed by atoms with Gasteiger partial charge >= 0.3 is 0 Å². The third-order valence-corrected chi connectivity index (χ3v) is 5.42. The van der Waals surface area contributed by atoms with E-state index in [0.717, 1.165) is 10.4 Å². The highest BCUT2D eigenvalue weighted by Crippen LogP contribution is 2.27. The summed E-state index contributed by atoms with van der Waals surface area (Å²) in [5.41, 5.74) is 0.110. The van der Waals surface area contributed by atoms with E-state index in [1.165, 1.54) is 19.1 Å². The van der Waals surface area contributed by atoms with Crippen LogP contribution in [0.4, 0.5) is 0 Å². The van der Waals surface area contributed by atoms with Crippen LogP contribution in [0.5, 0.6) is 0 Å². The van der Waals surface area contributed by atoms with E-state index in [-0.39, 0.29) is 15.5 Å². The quantitative estimate of drug-likeness (QED) is 0.783. The number of rotatable bonds is 2. The van der Waals surface area contributed by atoms with E-state index in [0.29, 0.717) is 0 Å². The summed E-state index contributed by atoms with van der Waals surface area (Å²) in [6.07, 6.45) is 0. The number of amides is 2. The summed E-state index contributed by atoms with van der Waals surface area (Å²) in [4.78, 5) is 22.7. The summed E-state index contributed by atoms with van der Waals surface area (Å²) in [7, 11) is -4.17. The summed E-state index contributed by atoms with van der Waals surface area (Å²) >= 11 is 5.88. The maximum absolute atomic E-state index is 12.6. The SMILES string of the molecule is CC1C(=O)NC(=O)CN1S(=O)(=O)c1cc(C#N)ccc1Cl. The third kappa shape index (κ3) is 2.76. The van der Waals surface area contributed by atoms with Crippen LogP contribution in [0.3, 0.4) is 0 Å². The van der Waals surface area contributed by atoms with Crippen molar-refractivity contribution in [3.05, 3.63) is 28.8 Å². The molecule has 1 unspecified atom stereocenters. The lowest BCUT2D eigenvalue weighted by Gasteiger charge is -2.30. The number of carbonyl (C=O) groups is 2. The molecule has 0 saturated carbocycles. The van der Waals surface area contributed by atoms with Crippen LogP contribution in [0, 0.1) is 11.3 Å². The van der Waals surface area contributed by atoms with E-state index in [4.69, 9.17) is 16.9 Å². The second-order valence-electron chi connectivity index (χ2n) is 4.40. The van der Waals surface area contributed by atoms with Crippen LogP contribution in [0.1, 0.15) is 12.5 Å². The first-order valence-corrected chi connectivity index (χ1v) is 7.64. The van der Waals surface area contributed by atoms with Crippen LogP contribution in [-0.4, -0.2) is 37.1 Å². The van der Waals surface area contributed by atoms with Gasteiger partial charge in [0.1, 0.15) is 10.9 Å². The standard InChI is InChI=1S/C12H10ClN3O4S/c1-7-12(18)15-11(17)6-16(7)21(19,20)10-4-8(5-14)2-3-9(10)13/h2-4,7H,6H2,1H3,(H,15,17,18). The number of nitriles is 1. The fraction of sp³-hybridized carbons (Fsp3) is 0.250. The van der Waals surface area contributed by atoms with Crippen LogP contribution in [0.25, 0.3) is 0 Å². The highest BCUT2D eigenvalue weighted by Gasteiger charge is 2.39. The molecule has 1 saturated heterocycles. The largest absolute Gasteiger partial charge is 0.294 e. The van der Waals surface area contributed by atoms with Gasteiger partial charge in [0.25, 0.3) is 0 Å². The Balaban J connectivity index is 2.54. The Morgan fingerprint density at radius 3 is 2.71 bits per heavy atom. The van der Waals surface area contributed by atoms with Crippen molar-refractivity contribution in [2.45, 2.75) is 17.9 Å². The van der Waals surface area contributed by atoms with Gasteiger partial charge in [-0.3, -0.25) is 14.9 Å². The van der Waals surface area contributed by atoms with Crippen LogP contribution in [-0.2, 0) is 19.6 Å². The average molecular weight is 328 g/mol. The molecule has 1 aromatic rings. The van der Waals surface area contributed by atoms with Gasteiger partial charge in [0.05, 0.1) is 23.2 Å². The van der Waals surface area contributed by atoms with Crippen molar-refractivity contribution < 1.29 is 18.0 Å². The van der Waals surface area contributed by atoms with E-state index in [1.54, 1.807) is 0 Å². The number of nitrogens with zero attached hydrogens (tertiary/aromatic N) is 2. The zero-order chi connectivity index (χ0) is 15.8. The van der Waals surface area contributed by atoms with Gasteiger partial charge in [0.2, 0.25) is 21.8 Å². The zero-order valence-electron chi connectivity index (χ0n) is 10.8. The van der Waals surface area contributed by atoms with Crippen molar-refractivity contribution in [1.82, 2.24) is 9.62 Å². The molecule has 21 heavy (non-hydrogen) atoms. The Labute approximate surface area is 126 Å². The minimum absolute atomic E-state index is 0.0837. The number of benzene rings is 1. The number of imide groups is 1. The molecule has 110 valence electrons. The third-order valence-electron chi connectivity index (χ3n) is 3.02. The van der Waals surface area contributed by atoms with Gasteiger partial charge in [0, 0.05) is 0 Å². The number of sulfonamides is 1. The summed E-state index contributed by atoms with van der Waals surface area (Å²) in [5, 5.41) is 10.8. The average Bonchev–Trinajstić information content (AvgIpc) is 2.43. The molecule has 1 aromatic carbocycles. The number of carbonyl (C=O) groups excluding carboxylic acids is 2. The van der Waals surface area contributed by atoms with Crippen molar-refractivity contribution in [1.29, 1.82) is 5.26 Å². The summed E-state index contributed by atoms with van der Waals surface area (Å²) in [6, 6.07) is 4.53. The first kappa shape index (κ1) is 15.4. The molecule has 0 aromatic heterocycles. The van der Waals surface area contributed by atoms with Crippen LogP contribution < -0.4 is 5.32 Å². The lowest BCUT2D eigenvalue weighted by molar-refractivity contribution is -0.136. The fourth-order valence-corrected chi connectivity index (χ4v) is 3.93. The predicted octanol–water partition coefficient (Wildman–Crippen LogP) is 0.247. The minimum atomic E-state index is -4.17. The predicted molar refractivity (Wildman–Crippen MR) is 72.7 cm³/mol. The Hall–Kier alpha value is -1.95. The Kier molecular flexibility index (Phi) is 4.00. The highest BCUT2D eigenvalue weighted by molar-refractivity contribution is 7.89. The van der Waals surface area contributed by atoms with Crippen molar-refractivity contribution in [2.24, 2.45) is 0 Å². The van der Waals surface area contributed by atoms with Crippen LogP contribution in [0.15, 0.2) is 23.1 Å². The van der Waals surface area contributed by atoms with Gasteiger partial charge in [-0.1, -0.05) is 11.6 Å². The lowest BCUT2D eigenvalue weighted by atomic mass is 10.2. The molecule has 0 radical (unpaired) electrons. The molecular weight excluding hydrogens is 318 g/mol. The maximum Gasteiger partial charge on any atom is 0.245 e. The number of hydrogen-bond acceptors (Lipinski definition) is 5. The molecule has 0 bridgehead atoms. The van der Waals surface area contributed by atoms with E-state index < -0.39 is 34.4 Å². The maximum atomic E-state index is 12.6. The molecular formula is C12H10ClN3O4S. The molecule has 9 heteroatoms. The molecule has 1 heterocycles. The van der Waals surface area contributed by atoms with Gasteiger partial charge in [-0.05, 0) is 25.1 Å². The molecule has 0 aliphatic carbocycles. The number of nitrogens with one attached hydrogen (secondary N) is 1. The second kappa shape index (κ2) is 5.44. The summed E-state index contributed by atoms with van der Waals surface area (Å²) < 4.78 is 25.9.